The number of ether oxygens (including phenoxy) is 1. The van der Waals surface area contributed by atoms with E-state index in [4.69, 9.17) is 4.74 Å². The molecule has 2 heterocycles. The summed E-state index contributed by atoms with van der Waals surface area (Å²) in [6.07, 6.45) is 3.16. The predicted octanol–water partition coefficient (Wildman–Crippen LogP) is 2.09. The Hall–Kier alpha value is -2.83. The van der Waals surface area contributed by atoms with E-state index >= 15 is 0 Å². The maximum Gasteiger partial charge on any atom is 0.254 e. The number of hydrogen-bond donors (Lipinski definition) is 2. The zero-order valence-corrected chi connectivity index (χ0v) is 16.7. The highest BCUT2D eigenvalue weighted by molar-refractivity contribution is 5.95. The van der Waals surface area contributed by atoms with Crippen molar-refractivity contribution in [3.05, 3.63) is 47.3 Å². The van der Waals surface area contributed by atoms with Crippen molar-refractivity contribution in [3.8, 4) is 5.75 Å². The average molecular weight is 384 g/mol. The normalized spacial score (nSPS) is 16.8. The Kier molecular flexibility index (Phi) is 6.34. The Bertz CT molecular complexity index is 829. The Morgan fingerprint density at radius 3 is 2.75 bits per heavy atom. The molecule has 0 aliphatic carbocycles. The second-order valence-electron chi connectivity index (χ2n) is 7.48. The number of hydrogen-bond acceptors (Lipinski definition) is 4. The van der Waals surface area contributed by atoms with Gasteiger partial charge in [-0.3, -0.25) is 14.3 Å². The summed E-state index contributed by atoms with van der Waals surface area (Å²) < 4.78 is 7.74. The number of aromatic nitrogens is 2. The number of aryl methyl sites for hydroxylation is 2. The number of nitrogens with zero attached hydrogens (tertiary/aromatic N) is 2. The second kappa shape index (κ2) is 8.91. The van der Waals surface area contributed by atoms with Gasteiger partial charge in [-0.15, -0.1) is 0 Å². The molecule has 0 bridgehead atoms. The summed E-state index contributed by atoms with van der Waals surface area (Å²) in [4.78, 5) is 23.8. The first-order valence-electron chi connectivity index (χ1n) is 9.73. The fraction of sp³-hybridized carbons (Fsp3) is 0.476. The molecule has 2 atom stereocenters. The monoisotopic (exact) mass is 384 g/mol. The summed E-state index contributed by atoms with van der Waals surface area (Å²) in [5.41, 5.74) is 2.72. The molecule has 0 saturated heterocycles. The van der Waals surface area contributed by atoms with Gasteiger partial charge in [-0.1, -0.05) is 17.7 Å². The van der Waals surface area contributed by atoms with Crippen LogP contribution < -0.4 is 15.4 Å². The maximum atomic E-state index is 12.7. The standard InChI is InChI=1S/C21H28N4O3/c1-14-4-6-18(7-5-14)28-15(2)11-23-21(27)19-13-24-25-9-8-17(10-20(19)25)12-22-16(3)26/h4-7,13,15,17H,8-12H2,1-3H3,(H,22,26)(H,23,27). The number of nitrogens with one attached hydrogen (secondary N) is 2. The molecule has 0 spiro atoms. The van der Waals surface area contributed by atoms with Crippen LogP contribution in [0.3, 0.4) is 0 Å². The Balaban J connectivity index is 1.54. The molecule has 2 amide bonds. The summed E-state index contributed by atoms with van der Waals surface area (Å²) >= 11 is 0. The SMILES string of the molecule is CC(=O)NCC1CCn2ncc(C(=O)NCC(C)Oc3ccc(C)cc3)c2C1. The van der Waals surface area contributed by atoms with Gasteiger partial charge in [0.05, 0.1) is 24.0 Å². The lowest BCUT2D eigenvalue weighted by molar-refractivity contribution is -0.119. The first kappa shape index (κ1) is 19.9. The summed E-state index contributed by atoms with van der Waals surface area (Å²) in [6.45, 7) is 7.28. The molecular formula is C21H28N4O3. The molecule has 2 unspecified atom stereocenters. The van der Waals surface area contributed by atoms with Crippen molar-refractivity contribution in [1.82, 2.24) is 20.4 Å². The van der Waals surface area contributed by atoms with Crippen LogP contribution in [0.4, 0.5) is 0 Å². The first-order valence-corrected chi connectivity index (χ1v) is 9.73. The molecule has 0 saturated carbocycles. The molecule has 2 aromatic rings. The topological polar surface area (TPSA) is 85.2 Å². The zero-order chi connectivity index (χ0) is 20.1. The third kappa shape index (κ3) is 5.12. The molecule has 150 valence electrons. The summed E-state index contributed by atoms with van der Waals surface area (Å²) in [5, 5.41) is 10.2. The lowest BCUT2D eigenvalue weighted by atomic mass is 9.94. The molecule has 1 aromatic heterocycles. The molecule has 0 fully saturated rings. The minimum Gasteiger partial charge on any atom is -0.489 e. The molecule has 2 N–H and O–H groups in total. The number of carbonyl (C=O) groups is 2. The smallest absolute Gasteiger partial charge is 0.254 e. The first-order chi connectivity index (χ1) is 13.4. The van der Waals surface area contributed by atoms with Gasteiger partial charge >= 0.3 is 0 Å². The van der Waals surface area contributed by atoms with Crippen molar-refractivity contribution < 1.29 is 14.3 Å². The van der Waals surface area contributed by atoms with Crippen molar-refractivity contribution in [3.63, 3.8) is 0 Å². The molecule has 3 rings (SSSR count). The van der Waals surface area contributed by atoms with E-state index in [0.717, 1.165) is 30.8 Å². The lowest BCUT2D eigenvalue weighted by Gasteiger charge is -2.24. The van der Waals surface area contributed by atoms with Gasteiger partial charge < -0.3 is 15.4 Å². The third-order valence-electron chi connectivity index (χ3n) is 4.97. The van der Waals surface area contributed by atoms with E-state index in [2.05, 4.69) is 15.7 Å². The minimum absolute atomic E-state index is 0.0281. The molecular weight excluding hydrogens is 356 g/mol. The molecule has 0 radical (unpaired) electrons. The molecule has 28 heavy (non-hydrogen) atoms. The van der Waals surface area contributed by atoms with Crippen LogP contribution >= 0.6 is 0 Å². The van der Waals surface area contributed by atoms with Gasteiger partial charge in [-0.25, -0.2) is 0 Å². The minimum atomic E-state index is -0.148. The number of carbonyl (C=O) groups excluding carboxylic acids is 2. The number of amides is 2. The molecule has 1 aromatic carbocycles. The van der Waals surface area contributed by atoms with Crippen LogP contribution in [0, 0.1) is 12.8 Å². The van der Waals surface area contributed by atoms with Crippen LogP contribution in [0.25, 0.3) is 0 Å². The Labute approximate surface area is 165 Å². The van der Waals surface area contributed by atoms with E-state index < -0.39 is 0 Å². The Morgan fingerprint density at radius 1 is 1.29 bits per heavy atom. The van der Waals surface area contributed by atoms with Gasteiger partial charge in [0, 0.05) is 20.0 Å². The highest BCUT2D eigenvalue weighted by atomic mass is 16.5. The van der Waals surface area contributed by atoms with Crippen molar-refractivity contribution in [2.45, 2.75) is 46.3 Å². The number of rotatable bonds is 7. The van der Waals surface area contributed by atoms with E-state index in [0.29, 0.717) is 24.6 Å². The van der Waals surface area contributed by atoms with Crippen molar-refractivity contribution in [2.24, 2.45) is 5.92 Å². The van der Waals surface area contributed by atoms with Gasteiger partial charge in [-0.05, 0) is 44.7 Å². The van der Waals surface area contributed by atoms with Gasteiger partial charge in [0.25, 0.3) is 5.91 Å². The van der Waals surface area contributed by atoms with Gasteiger partial charge in [0.15, 0.2) is 0 Å². The highest BCUT2D eigenvalue weighted by Crippen LogP contribution is 2.22. The van der Waals surface area contributed by atoms with Crippen molar-refractivity contribution in [1.29, 1.82) is 0 Å². The molecule has 7 nitrogen and oxygen atoms in total. The van der Waals surface area contributed by atoms with Gasteiger partial charge in [0.2, 0.25) is 5.91 Å². The predicted molar refractivity (Wildman–Crippen MR) is 106 cm³/mol. The summed E-state index contributed by atoms with van der Waals surface area (Å²) in [6, 6.07) is 7.85. The van der Waals surface area contributed by atoms with Crippen LogP contribution in [0.5, 0.6) is 5.75 Å². The van der Waals surface area contributed by atoms with Crippen molar-refractivity contribution >= 4 is 11.8 Å². The second-order valence-corrected chi connectivity index (χ2v) is 7.48. The fourth-order valence-corrected chi connectivity index (χ4v) is 3.37. The quantitative estimate of drug-likeness (QED) is 0.765. The zero-order valence-electron chi connectivity index (χ0n) is 16.7. The van der Waals surface area contributed by atoms with E-state index in [1.807, 2.05) is 42.8 Å². The van der Waals surface area contributed by atoms with Crippen LogP contribution in [0.2, 0.25) is 0 Å². The van der Waals surface area contributed by atoms with Crippen molar-refractivity contribution in [2.75, 3.05) is 13.1 Å². The summed E-state index contributed by atoms with van der Waals surface area (Å²) in [7, 11) is 0. The average Bonchev–Trinajstić information content (AvgIpc) is 3.09. The summed E-state index contributed by atoms with van der Waals surface area (Å²) in [5.74, 6) is 0.944. The Morgan fingerprint density at radius 2 is 2.04 bits per heavy atom. The van der Waals surface area contributed by atoms with E-state index in [1.165, 1.54) is 12.5 Å². The molecule has 7 heteroatoms. The van der Waals surface area contributed by atoms with E-state index in [9.17, 15) is 9.59 Å². The highest BCUT2D eigenvalue weighted by Gasteiger charge is 2.25. The number of fused-ring (bicyclic) bond motifs is 1. The molecule has 1 aliphatic rings. The van der Waals surface area contributed by atoms with Crippen LogP contribution in [0.15, 0.2) is 30.5 Å². The fourth-order valence-electron chi connectivity index (χ4n) is 3.37. The third-order valence-corrected chi connectivity index (χ3v) is 4.97. The van der Waals surface area contributed by atoms with Crippen LogP contribution in [0.1, 0.15) is 41.9 Å². The number of benzene rings is 1. The largest absolute Gasteiger partial charge is 0.489 e. The van der Waals surface area contributed by atoms with Gasteiger partial charge in [0.1, 0.15) is 11.9 Å². The maximum absolute atomic E-state index is 12.7. The molecule has 1 aliphatic heterocycles. The van der Waals surface area contributed by atoms with Crippen LogP contribution in [-0.2, 0) is 17.8 Å². The lowest BCUT2D eigenvalue weighted by Crippen LogP contribution is -2.35. The van der Waals surface area contributed by atoms with E-state index in [1.54, 1.807) is 6.20 Å². The van der Waals surface area contributed by atoms with Crippen LogP contribution in [-0.4, -0.2) is 40.8 Å². The van der Waals surface area contributed by atoms with E-state index in [-0.39, 0.29) is 17.9 Å². The van der Waals surface area contributed by atoms with Gasteiger partial charge in [-0.2, -0.15) is 5.10 Å².